The highest BCUT2D eigenvalue weighted by Gasteiger charge is 2.48. The minimum absolute atomic E-state index is 0.0885. The van der Waals surface area contributed by atoms with Crippen LogP contribution in [-0.4, -0.2) is 45.9 Å². The molecule has 120 valence electrons. The lowest BCUT2D eigenvalue weighted by molar-refractivity contribution is -0.138. The summed E-state index contributed by atoms with van der Waals surface area (Å²) < 4.78 is 0. The lowest BCUT2D eigenvalue weighted by Crippen LogP contribution is -2.50. The van der Waals surface area contributed by atoms with E-state index in [0.29, 0.717) is 5.91 Å². The van der Waals surface area contributed by atoms with Crippen molar-refractivity contribution >= 4 is 5.91 Å². The van der Waals surface area contributed by atoms with E-state index in [1.807, 2.05) is 26.8 Å². The van der Waals surface area contributed by atoms with Crippen molar-refractivity contribution in [1.82, 2.24) is 14.8 Å². The molecule has 2 fully saturated rings. The number of carbonyl (C=O) groups is 1. The van der Waals surface area contributed by atoms with Crippen molar-refractivity contribution in [3.05, 3.63) is 29.6 Å². The van der Waals surface area contributed by atoms with Gasteiger partial charge in [-0.25, -0.2) is 0 Å². The Bertz CT molecular complexity index is 557. The van der Waals surface area contributed by atoms with Crippen molar-refractivity contribution < 1.29 is 4.79 Å². The van der Waals surface area contributed by atoms with Crippen molar-refractivity contribution in [2.24, 2.45) is 5.92 Å². The highest BCUT2D eigenvalue weighted by atomic mass is 16.2. The number of aryl methyl sites for hydroxylation is 1. The van der Waals surface area contributed by atoms with Gasteiger partial charge >= 0.3 is 0 Å². The molecule has 0 aromatic carbocycles. The second kappa shape index (κ2) is 5.99. The SMILES string of the molecule is Cc1cccc(CN2CC[C@@]3(CCCN3C(=O)C(C)C)C2)n1. The second-order valence-electron chi connectivity index (χ2n) is 7.20. The molecular formula is C18H27N3O. The number of pyridine rings is 1. The average molecular weight is 301 g/mol. The van der Waals surface area contributed by atoms with Gasteiger partial charge in [0.15, 0.2) is 0 Å². The van der Waals surface area contributed by atoms with Gasteiger partial charge in [-0.3, -0.25) is 14.7 Å². The van der Waals surface area contributed by atoms with E-state index in [1.54, 1.807) is 0 Å². The van der Waals surface area contributed by atoms with Crippen LogP contribution < -0.4 is 0 Å². The molecule has 22 heavy (non-hydrogen) atoms. The van der Waals surface area contributed by atoms with E-state index in [9.17, 15) is 4.79 Å². The van der Waals surface area contributed by atoms with E-state index in [-0.39, 0.29) is 11.5 Å². The van der Waals surface area contributed by atoms with E-state index >= 15 is 0 Å². The van der Waals surface area contributed by atoms with Gasteiger partial charge in [0.05, 0.1) is 11.2 Å². The molecule has 3 rings (SSSR count). The van der Waals surface area contributed by atoms with Crippen LogP contribution in [0.15, 0.2) is 18.2 Å². The highest BCUT2D eigenvalue weighted by molar-refractivity contribution is 5.79. The van der Waals surface area contributed by atoms with Crippen molar-refractivity contribution in [3.8, 4) is 0 Å². The number of amides is 1. The molecule has 0 bridgehead atoms. The molecule has 2 aliphatic heterocycles. The zero-order chi connectivity index (χ0) is 15.7. The molecule has 2 aliphatic rings. The van der Waals surface area contributed by atoms with Crippen LogP contribution in [0.1, 0.15) is 44.5 Å². The third-order valence-electron chi connectivity index (χ3n) is 5.10. The first-order chi connectivity index (χ1) is 10.5. The molecule has 0 N–H and O–H groups in total. The molecule has 1 aromatic heterocycles. The Morgan fingerprint density at radius 3 is 2.86 bits per heavy atom. The van der Waals surface area contributed by atoms with E-state index in [0.717, 1.165) is 56.8 Å². The molecule has 1 atom stereocenters. The van der Waals surface area contributed by atoms with Crippen LogP contribution in [0.5, 0.6) is 0 Å². The maximum atomic E-state index is 12.5. The first-order valence-electron chi connectivity index (χ1n) is 8.47. The lowest BCUT2D eigenvalue weighted by atomic mass is 9.94. The number of nitrogens with zero attached hydrogens (tertiary/aromatic N) is 3. The van der Waals surface area contributed by atoms with Gasteiger partial charge in [0, 0.05) is 37.8 Å². The fraction of sp³-hybridized carbons (Fsp3) is 0.667. The summed E-state index contributed by atoms with van der Waals surface area (Å²) in [4.78, 5) is 21.8. The molecule has 0 aliphatic carbocycles. The third kappa shape index (κ3) is 2.89. The van der Waals surface area contributed by atoms with Gasteiger partial charge in [-0.15, -0.1) is 0 Å². The number of rotatable bonds is 3. The molecular weight excluding hydrogens is 274 g/mol. The van der Waals surface area contributed by atoms with Crippen molar-refractivity contribution in [2.45, 2.75) is 52.1 Å². The lowest BCUT2D eigenvalue weighted by Gasteiger charge is -2.36. The Morgan fingerprint density at radius 2 is 2.14 bits per heavy atom. The maximum absolute atomic E-state index is 12.5. The van der Waals surface area contributed by atoms with Crippen LogP contribution in [0.3, 0.4) is 0 Å². The number of carbonyl (C=O) groups excluding carboxylic acids is 1. The molecule has 0 saturated carbocycles. The molecule has 1 amide bonds. The Balaban J connectivity index is 1.69. The van der Waals surface area contributed by atoms with Crippen molar-refractivity contribution in [2.75, 3.05) is 19.6 Å². The Kier molecular flexibility index (Phi) is 4.22. The first-order valence-corrected chi connectivity index (χ1v) is 8.47. The Labute approximate surface area is 133 Å². The summed E-state index contributed by atoms with van der Waals surface area (Å²) in [6.45, 7) is 9.96. The van der Waals surface area contributed by atoms with Crippen LogP contribution in [0, 0.1) is 12.8 Å². The number of hydrogen-bond donors (Lipinski definition) is 0. The van der Waals surface area contributed by atoms with Gasteiger partial charge < -0.3 is 4.90 Å². The van der Waals surface area contributed by atoms with Gasteiger partial charge in [0.2, 0.25) is 5.91 Å². The molecule has 4 heteroatoms. The first kappa shape index (κ1) is 15.5. The van der Waals surface area contributed by atoms with Crippen molar-refractivity contribution in [1.29, 1.82) is 0 Å². The minimum Gasteiger partial charge on any atom is -0.335 e. The zero-order valence-corrected chi connectivity index (χ0v) is 14.0. The zero-order valence-electron chi connectivity index (χ0n) is 14.0. The summed E-state index contributed by atoms with van der Waals surface area (Å²) in [6, 6.07) is 6.21. The standard InChI is InChI=1S/C18H27N3O/c1-14(2)17(22)21-10-5-8-18(21)9-11-20(13-18)12-16-7-4-6-15(3)19-16/h4,6-7,14H,5,8-13H2,1-3H3/t18-/m0/s1. The van der Waals surface area contributed by atoms with Crippen LogP contribution in [0.25, 0.3) is 0 Å². The van der Waals surface area contributed by atoms with E-state index in [1.165, 1.54) is 0 Å². The van der Waals surface area contributed by atoms with Crippen molar-refractivity contribution in [3.63, 3.8) is 0 Å². The second-order valence-corrected chi connectivity index (χ2v) is 7.20. The van der Waals surface area contributed by atoms with Gasteiger partial charge in [-0.1, -0.05) is 19.9 Å². The van der Waals surface area contributed by atoms with Crippen LogP contribution in [0.4, 0.5) is 0 Å². The molecule has 0 unspecified atom stereocenters. The van der Waals surface area contributed by atoms with E-state index in [4.69, 9.17) is 0 Å². The van der Waals surface area contributed by atoms with Crippen LogP contribution in [-0.2, 0) is 11.3 Å². The summed E-state index contributed by atoms with van der Waals surface area (Å²) in [7, 11) is 0. The fourth-order valence-electron chi connectivity index (χ4n) is 4.01. The van der Waals surface area contributed by atoms with Gasteiger partial charge in [0.25, 0.3) is 0 Å². The predicted molar refractivity (Wildman–Crippen MR) is 87.4 cm³/mol. The topological polar surface area (TPSA) is 36.4 Å². The van der Waals surface area contributed by atoms with Gasteiger partial charge in [0.1, 0.15) is 0 Å². The average Bonchev–Trinajstić information content (AvgIpc) is 3.06. The Morgan fingerprint density at radius 1 is 1.32 bits per heavy atom. The van der Waals surface area contributed by atoms with Crippen LogP contribution >= 0.6 is 0 Å². The van der Waals surface area contributed by atoms with E-state index in [2.05, 4.69) is 26.9 Å². The molecule has 2 saturated heterocycles. The largest absolute Gasteiger partial charge is 0.335 e. The third-order valence-corrected chi connectivity index (χ3v) is 5.10. The number of aromatic nitrogens is 1. The quantitative estimate of drug-likeness (QED) is 0.861. The molecule has 4 nitrogen and oxygen atoms in total. The van der Waals surface area contributed by atoms with Crippen LogP contribution in [0.2, 0.25) is 0 Å². The summed E-state index contributed by atoms with van der Waals surface area (Å²) in [5.41, 5.74) is 2.30. The monoisotopic (exact) mass is 301 g/mol. The number of hydrogen-bond acceptors (Lipinski definition) is 3. The number of likely N-dealkylation sites (tertiary alicyclic amines) is 2. The fourth-order valence-corrected chi connectivity index (χ4v) is 4.01. The van der Waals surface area contributed by atoms with E-state index < -0.39 is 0 Å². The minimum atomic E-state index is 0.0885. The summed E-state index contributed by atoms with van der Waals surface area (Å²) in [5, 5.41) is 0. The van der Waals surface area contributed by atoms with Gasteiger partial charge in [-0.05, 0) is 38.3 Å². The predicted octanol–water partition coefficient (Wildman–Crippen LogP) is 2.61. The Hall–Kier alpha value is -1.42. The molecule has 1 spiro atoms. The van der Waals surface area contributed by atoms with Gasteiger partial charge in [-0.2, -0.15) is 0 Å². The molecule has 0 radical (unpaired) electrons. The summed E-state index contributed by atoms with van der Waals surface area (Å²) >= 11 is 0. The summed E-state index contributed by atoms with van der Waals surface area (Å²) in [6.07, 6.45) is 3.41. The summed E-state index contributed by atoms with van der Waals surface area (Å²) in [5.74, 6) is 0.426. The highest BCUT2D eigenvalue weighted by Crippen LogP contribution is 2.38. The molecule has 3 heterocycles. The smallest absolute Gasteiger partial charge is 0.225 e. The molecule has 1 aromatic rings. The normalized spacial score (nSPS) is 25.5. The maximum Gasteiger partial charge on any atom is 0.225 e.